The molecule has 1 aromatic rings. The quantitative estimate of drug-likeness (QED) is 0.473. The second-order valence-electron chi connectivity index (χ2n) is 4.45. The summed E-state index contributed by atoms with van der Waals surface area (Å²) in [5.41, 5.74) is -0.263. The molecule has 1 amide bonds. The van der Waals surface area contributed by atoms with Gasteiger partial charge in [-0.15, -0.1) is 0 Å². The Morgan fingerprint density at radius 3 is 2.75 bits per heavy atom. The number of rotatable bonds is 3. The van der Waals surface area contributed by atoms with Crippen LogP contribution in [0.2, 0.25) is 0 Å². The number of carbonyl (C=O) groups is 2. The fraction of sp³-hybridized carbons (Fsp3) is 0.385. The summed E-state index contributed by atoms with van der Waals surface area (Å²) in [5, 5.41) is 11.0. The molecule has 0 aliphatic carbocycles. The average Bonchev–Trinajstić information content (AvgIpc) is 2.95. The fourth-order valence-corrected chi connectivity index (χ4v) is 2.36. The number of methoxy groups -OCH3 is 1. The first-order valence-corrected chi connectivity index (χ1v) is 6.18. The molecule has 1 aliphatic heterocycles. The molecule has 0 spiro atoms. The SMILES string of the molecule is COC(=O)[C@H]1CCCN1C(=O)c1ccccc1[N+](=O)[O-]. The summed E-state index contributed by atoms with van der Waals surface area (Å²) in [5.74, 6) is -1.00. The van der Waals surface area contributed by atoms with E-state index < -0.39 is 22.8 Å². The van der Waals surface area contributed by atoms with E-state index >= 15 is 0 Å². The topological polar surface area (TPSA) is 89.8 Å². The Morgan fingerprint density at radius 1 is 1.40 bits per heavy atom. The van der Waals surface area contributed by atoms with E-state index in [1.54, 1.807) is 6.07 Å². The molecule has 1 heterocycles. The molecule has 106 valence electrons. The standard InChI is InChI=1S/C13H14N2O5/c1-20-13(17)11-7-4-8-14(11)12(16)9-5-2-3-6-10(9)15(18)19/h2-3,5-6,11H,4,7-8H2,1H3/t11-/m1/s1. The van der Waals surface area contributed by atoms with Crippen molar-refractivity contribution in [2.24, 2.45) is 0 Å². The maximum atomic E-state index is 12.4. The van der Waals surface area contributed by atoms with Crippen LogP contribution in [0, 0.1) is 10.1 Å². The number of nitrogens with zero attached hydrogens (tertiary/aromatic N) is 2. The Morgan fingerprint density at radius 2 is 2.10 bits per heavy atom. The molecule has 1 saturated heterocycles. The second kappa shape index (κ2) is 5.68. The van der Waals surface area contributed by atoms with Crippen LogP contribution < -0.4 is 0 Å². The third-order valence-corrected chi connectivity index (χ3v) is 3.32. The number of para-hydroxylation sites is 1. The van der Waals surface area contributed by atoms with Gasteiger partial charge in [-0.1, -0.05) is 12.1 Å². The highest BCUT2D eigenvalue weighted by Crippen LogP contribution is 2.25. The summed E-state index contributed by atoms with van der Waals surface area (Å²) in [7, 11) is 1.26. The molecule has 0 bridgehead atoms. The van der Waals surface area contributed by atoms with Gasteiger partial charge in [0.25, 0.3) is 11.6 Å². The van der Waals surface area contributed by atoms with Crippen LogP contribution in [0.3, 0.4) is 0 Å². The maximum absolute atomic E-state index is 12.4. The second-order valence-corrected chi connectivity index (χ2v) is 4.45. The zero-order valence-corrected chi connectivity index (χ0v) is 10.9. The average molecular weight is 278 g/mol. The molecule has 20 heavy (non-hydrogen) atoms. The van der Waals surface area contributed by atoms with E-state index in [9.17, 15) is 19.7 Å². The molecule has 0 aromatic heterocycles. The highest BCUT2D eigenvalue weighted by molar-refractivity contribution is 6.00. The summed E-state index contributed by atoms with van der Waals surface area (Å²) >= 11 is 0. The lowest BCUT2D eigenvalue weighted by Gasteiger charge is -2.22. The van der Waals surface area contributed by atoms with Gasteiger partial charge in [0.2, 0.25) is 0 Å². The lowest BCUT2D eigenvalue weighted by molar-refractivity contribution is -0.385. The first-order valence-electron chi connectivity index (χ1n) is 6.18. The monoisotopic (exact) mass is 278 g/mol. The number of carbonyl (C=O) groups excluding carboxylic acids is 2. The molecule has 0 N–H and O–H groups in total. The molecule has 7 nitrogen and oxygen atoms in total. The number of hydrogen-bond donors (Lipinski definition) is 0. The molecule has 1 aromatic carbocycles. The molecule has 2 rings (SSSR count). The molecule has 1 aliphatic rings. The van der Waals surface area contributed by atoms with E-state index in [1.807, 2.05) is 0 Å². The van der Waals surface area contributed by atoms with Crippen LogP contribution in [0.25, 0.3) is 0 Å². The van der Waals surface area contributed by atoms with Crippen LogP contribution in [0.1, 0.15) is 23.2 Å². The zero-order valence-electron chi connectivity index (χ0n) is 10.9. The van der Waals surface area contributed by atoms with E-state index in [-0.39, 0.29) is 11.3 Å². The number of nitro groups is 1. The Labute approximate surface area is 115 Å². The summed E-state index contributed by atoms with van der Waals surface area (Å²) in [6, 6.07) is 5.07. The van der Waals surface area contributed by atoms with Gasteiger partial charge in [-0.3, -0.25) is 14.9 Å². The third kappa shape index (κ3) is 2.47. The molecule has 1 fully saturated rings. The van der Waals surface area contributed by atoms with Crippen molar-refractivity contribution in [3.8, 4) is 0 Å². The van der Waals surface area contributed by atoms with Crippen LogP contribution in [0.4, 0.5) is 5.69 Å². The van der Waals surface area contributed by atoms with E-state index in [1.165, 1.54) is 30.2 Å². The predicted octanol–water partition coefficient (Wildman–Crippen LogP) is 1.37. The number of amides is 1. The minimum absolute atomic E-state index is 0.00620. The van der Waals surface area contributed by atoms with E-state index in [0.717, 1.165) is 0 Å². The van der Waals surface area contributed by atoms with Gasteiger partial charge in [0.05, 0.1) is 12.0 Å². The van der Waals surface area contributed by atoms with Crippen LogP contribution in [-0.4, -0.2) is 41.4 Å². The molecular formula is C13H14N2O5. The number of hydrogen-bond acceptors (Lipinski definition) is 5. The molecular weight excluding hydrogens is 264 g/mol. The van der Waals surface area contributed by atoms with Crippen molar-refractivity contribution < 1.29 is 19.2 Å². The zero-order chi connectivity index (χ0) is 14.7. The van der Waals surface area contributed by atoms with Crippen LogP contribution in [0.15, 0.2) is 24.3 Å². The fourth-order valence-electron chi connectivity index (χ4n) is 2.36. The van der Waals surface area contributed by atoms with Crippen LogP contribution >= 0.6 is 0 Å². The lowest BCUT2D eigenvalue weighted by atomic mass is 10.1. The summed E-state index contributed by atoms with van der Waals surface area (Å²) in [6.45, 7) is 0.394. The van der Waals surface area contributed by atoms with Crippen molar-refractivity contribution in [1.82, 2.24) is 4.90 Å². The first kappa shape index (κ1) is 14.0. The van der Waals surface area contributed by atoms with E-state index in [2.05, 4.69) is 4.74 Å². The summed E-state index contributed by atoms with van der Waals surface area (Å²) < 4.78 is 4.66. The molecule has 0 radical (unpaired) electrons. The van der Waals surface area contributed by atoms with Gasteiger partial charge in [-0.05, 0) is 18.9 Å². The predicted molar refractivity (Wildman–Crippen MR) is 69.2 cm³/mol. The molecule has 0 unspecified atom stereocenters. The number of esters is 1. The Bertz CT molecular complexity index is 557. The Hall–Kier alpha value is -2.44. The van der Waals surface area contributed by atoms with Crippen molar-refractivity contribution in [2.45, 2.75) is 18.9 Å². The third-order valence-electron chi connectivity index (χ3n) is 3.32. The van der Waals surface area contributed by atoms with Crippen molar-refractivity contribution in [1.29, 1.82) is 0 Å². The largest absolute Gasteiger partial charge is 0.467 e. The normalized spacial score (nSPS) is 17.9. The summed E-state index contributed by atoms with van der Waals surface area (Å²) in [6.07, 6.45) is 1.19. The van der Waals surface area contributed by atoms with Crippen molar-refractivity contribution in [3.05, 3.63) is 39.9 Å². The highest BCUT2D eigenvalue weighted by Gasteiger charge is 2.37. The van der Waals surface area contributed by atoms with Crippen LogP contribution in [0.5, 0.6) is 0 Å². The van der Waals surface area contributed by atoms with Crippen molar-refractivity contribution in [3.63, 3.8) is 0 Å². The highest BCUT2D eigenvalue weighted by atomic mass is 16.6. The lowest BCUT2D eigenvalue weighted by Crippen LogP contribution is -2.41. The van der Waals surface area contributed by atoms with Crippen molar-refractivity contribution in [2.75, 3.05) is 13.7 Å². The van der Waals surface area contributed by atoms with E-state index in [4.69, 9.17) is 0 Å². The van der Waals surface area contributed by atoms with Gasteiger partial charge in [0.1, 0.15) is 11.6 Å². The molecule has 1 atom stereocenters. The Balaban J connectivity index is 2.32. The van der Waals surface area contributed by atoms with Gasteiger partial charge >= 0.3 is 5.97 Å². The minimum Gasteiger partial charge on any atom is -0.467 e. The molecule has 7 heteroatoms. The molecule has 0 saturated carbocycles. The maximum Gasteiger partial charge on any atom is 0.328 e. The number of likely N-dealkylation sites (tertiary alicyclic amines) is 1. The van der Waals surface area contributed by atoms with Gasteiger partial charge in [0.15, 0.2) is 0 Å². The first-order chi connectivity index (χ1) is 9.56. The number of nitro benzene ring substituents is 1. The minimum atomic E-state index is -0.660. The van der Waals surface area contributed by atoms with Crippen molar-refractivity contribution >= 4 is 17.6 Å². The van der Waals surface area contributed by atoms with Gasteiger partial charge < -0.3 is 9.64 Å². The number of ether oxygens (including phenoxy) is 1. The smallest absolute Gasteiger partial charge is 0.328 e. The van der Waals surface area contributed by atoms with Gasteiger partial charge in [0, 0.05) is 12.6 Å². The Kier molecular flexibility index (Phi) is 3.97. The van der Waals surface area contributed by atoms with Gasteiger partial charge in [-0.25, -0.2) is 4.79 Å². The van der Waals surface area contributed by atoms with Gasteiger partial charge in [-0.2, -0.15) is 0 Å². The van der Waals surface area contributed by atoms with Crippen LogP contribution in [-0.2, 0) is 9.53 Å². The summed E-state index contributed by atoms with van der Waals surface area (Å²) in [4.78, 5) is 35.7. The number of benzene rings is 1. The van der Waals surface area contributed by atoms with E-state index in [0.29, 0.717) is 19.4 Å².